The Kier molecular flexibility index (Phi) is 3.55. The summed E-state index contributed by atoms with van der Waals surface area (Å²) in [5, 5.41) is 11.9. The minimum atomic E-state index is 0.681. The number of aromatic amines is 2. The Morgan fingerprint density at radius 3 is 2.97 bits per heavy atom. The maximum absolute atomic E-state index is 4.63. The number of nitrogens with zero attached hydrogens (tertiary/aromatic N) is 5. The van der Waals surface area contributed by atoms with Crippen LogP contribution in [0.15, 0.2) is 49.1 Å². The van der Waals surface area contributed by atoms with Gasteiger partial charge in [-0.25, -0.2) is 9.97 Å². The molecule has 0 radical (unpaired) electrons. The first-order chi connectivity index (χ1) is 14.3. The minimum Gasteiger partial charge on any atom is -0.384 e. The van der Waals surface area contributed by atoms with Crippen molar-refractivity contribution in [2.45, 2.75) is 12.8 Å². The number of imidazole rings is 1. The molecule has 0 amide bonds. The lowest BCUT2D eigenvalue weighted by Gasteiger charge is -2.07. The summed E-state index contributed by atoms with van der Waals surface area (Å²) in [5.41, 5.74) is 5.99. The largest absolute Gasteiger partial charge is 0.384 e. The molecule has 142 valence electrons. The smallest absolute Gasteiger partial charge is 0.160 e. The van der Waals surface area contributed by atoms with Crippen LogP contribution in [0.2, 0.25) is 0 Å². The van der Waals surface area contributed by atoms with Gasteiger partial charge in [0, 0.05) is 36.1 Å². The van der Waals surface area contributed by atoms with E-state index in [0.717, 1.165) is 57.2 Å². The predicted octanol–water partition coefficient (Wildman–Crippen LogP) is 3.78. The molecule has 0 atom stereocenters. The Bertz CT molecular complexity index is 1300. The number of pyridine rings is 3. The van der Waals surface area contributed by atoms with Crippen molar-refractivity contribution in [2.24, 2.45) is 5.92 Å². The lowest BCUT2D eigenvalue weighted by Crippen LogP contribution is -2.03. The summed E-state index contributed by atoms with van der Waals surface area (Å²) in [6, 6.07) is 7.91. The van der Waals surface area contributed by atoms with Gasteiger partial charge < -0.3 is 10.3 Å². The third-order valence-electron chi connectivity index (χ3n) is 5.25. The molecule has 1 fully saturated rings. The molecule has 8 heteroatoms. The zero-order valence-corrected chi connectivity index (χ0v) is 15.6. The highest BCUT2D eigenvalue weighted by Crippen LogP contribution is 2.31. The quantitative estimate of drug-likeness (QED) is 0.427. The van der Waals surface area contributed by atoms with Gasteiger partial charge in [0.25, 0.3) is 0 Å². The van der Waals surface area contributed by atoms with E-state index in [-0.39, 0.29) is 0 Å². The van der Waals surface area contributed by atoms with Gasteiger partial charge in [-0.3, -0.25) is 15.1 Å². The third kappa shape index (κ3) is 2.98. The fourth-order valence-electron chi connectivity index (χ4n) is 3.47. The molecule has 0 spiro atoms. The van der Waals surface area contributed by atoms with Gasteiger partial charge in [-0.2, -0.15) is 5.10 Å². The van der Waals surface area contributed by atoms with Crippen LogP contribution >= 0.6 is 0 Å². The monoisotopic (exact) mass is 382 g/mol. The summed E-state index contributed by atoms with van der Waals surface area (Å²) < 4.78 is 0. The van der Waals surface area contributed by atoms with Gasteiger partial charge in [0.1, 0.15) is 11.2 Å². The van der Waals surface area contributed by atoms with Gasteiger partial charge in [-0.15, -0.1) is 0 Å². The molecular formula is C21H18N8. The topological polar surface area (TPSA) is 108 Å². The van der Waals surface area contributed by atoms with Crippen LogP contribution in [0.4, 0.5) is 5.69 Å². The number of fused-ring (bicyclic) bond motifs is 2. The van der Waals surface area contributed by atoms with Crippen molar-refractivity contribution < 1.29 is 0 Å². The molecule has 3 N–H and O–H groups in total. The number of hydrogen-bond acceptors (Lipinski definition) is 6. The van der Waals surface area contributed by atoms with E-state index < -0.39 is 0 Å². The van der Waals surface area contributed by atoms with E-state index in [0.29, 0.717) is 5.82 Å². The SMILES string of the molecule is c1cnc2[nH]c(-c3n[nH]c4cnc(-c5cncc(NCC6CC6)c5)cc34)nc2c1. The fraction of sp³-hybridized carbons (Fsp3) is 0.190. The molecule has 5 aromatic rings. The van der Waals surface area contributed by atoms with Gasteiger partial charge in [0.15, 0.2) is 11.5 Å². The Labute approximate surface area is 165 Å². The van der Waals surface area contributed by atoms with E-state index in [1.807, 2.05) is 30.6 Å². The van der Waals surface area contributed by atoms with Crippen molar-refractivity contribution in [3.8, 4) is 22.8 Å². The van der Waals surface area contributed by atoms with E-state index in [1.54, 1.807) is 12.4 Å². The van der Waals surface area contributed by atoms with E-state index in [4.69, 9.17) is 0 Å². The Morgan fingerprint density at radius 1 is 1.10 bits per heavy atom. The van der Waals surface area contributed by atoms with Crippen LogP contribution in [0.25, 0.3) is 44.8 Å². The molecule has 0 bridgehead atoms. The molecule has 0 aliphatic heterocycles. The van der Waals surface area contributed by atoms with Crippen molar-refractivity contribution in [2.75, 3.05) is 11.9 Å². The second-order valence-electron chi connectivity index (χ2n) is 7.43. The highest BCUT2D eigenvalue weighted by atomic mass is 15.1. The van der Waals surface area contributed by atoms with Gasteiger partial charge in [-0.05, 0) is 43.0 Å². The van der Waals surface area contributed by atoms with Gasteiger partial charge >= 0.3 is 0 Å². The van der Waals surface area contributed by atoms with Gasteiger partial charge in [0.05, 0.1) is 23.1 Å². The molecule has 5 heterocycles. The number of anilines is 1. The Balaban J connectivity index is 1.39. The number of hydrogen-bond donors (Lipinski definition) is 3. The number of aromatic nitrogens is 7. The molecule has 0 unspecified atom stereocenters. The Morgan fingerprint density at radius 2 is 2.07 bits per heavy atom. The third-order valence-corrected chi connectivity index (χ3v) is 5.25. The number of H-pyrrole nitrogens is 2. The van der Waals surface area contributed by atoms with Crippen molar-refractivity contribution in [3.05, 3.63) is 49.1 Å². The van der Waals surface area contributed by atoms with Crippen LogP contribution in [0.5, 0.6) is 0 Å². The zero-order valence-electron chi connectivity index (χ0n) is 15.6. The average molecular weight is 382 g/mol. The minimum absolute atomic E-state index is 0.681. The predicted molar refractivity (Wildman–Crippen MR) is 111 cm³/mol. The summed E-state index contributed by atoms with van der Waals surface area (Å²) in [4.78, 5) is 21.2. The van der Waals surface area contributed by atoms with Crippen molar-refractivity contribution in [1.29, 1.82) is 0 Å². The molecule has 6 rings (SSSR count). The first kappa shape index (κ1) is 16.2. The maximum Gasteiger partial charge on any atom is 0.160 e. The molecule has 0 aromatic carbocycles. The van der Waals surface area contributed by atoms with Crippen LogP contribution in [-0.2, 0) is 0 Å². The summed E-state index contributed by atoms with van der Waals surface area (Å²) in [7, 11) is 0. The normalized spacial score (nSPS) is 13.9. The highest BCUT2D eigenvalue weighted by Gasteiger charge is 2.20. The van der Waals surface area contributed by atoms with Gasteiger partial charge in [0.2, 0.25) is 0 Å². The molecule has 1 saturated carbocycles. The second kappa shape index (κ2) is 6.37. The summed E-state index contributed by atoms with van der Waals surface area (Å²) in [6.45, 7) is 1.00. The van der Waals surface area contributed by atoms with Crippen molar-refractivity contribution >= 4 is 27.8 Å². The van der Waals surface area contributed by atoms with Crippen LogP contribution in [0.3, 0.4) is 0 Å². The van der Waals surface area contributed by atoms with Crippen LogP contribution in [-0.4, -0.2) is 41.7 Å². The summed E-state index contributed by atoms with van der Waals surface area (Å²) in [5.74, 6) is 1.49. The summed E-state index contributed by atoms with van der Waals surface area (Å²) >= 11 is 0. The van der Waals surface area contributed by atoms with E-state index in [9.17, 15) is 0 Å². The van der Waals surface area contributed by atoms with E-state index >= 15 is 0 Å². The lowest BCUT2D eigenvalue weighted by atomic mass is 10.1. The lowest BCUT2D eigenvalue weighted by molar-refractivity contribution is 0.888. The van der Waals surface area contributed by atoms with Crippen LogP contribution in [0.1, 0.15) is 12.8 Å². The molecule has 8 nitrogen and oxygen atoms in total. The molecule has 1 aliphatic rings. The van der Waals surface area contributed by atoms with Crippen LogP contribution < -0.4 is 5.32 Å². The number of rotatable bonds is 5. The number of nitrogens with one attached hydrogen (secondary N) is 3. The van der Waals surface area contributed by atoms with Gasteiger partial charge in [-0.1, -0.05) is 0 Å². The molecule has 29 heavy (non-hydrogen) atoms. The molecular weight excluding hydrogens is 364 g/mol. The zero-order chi connectivity index (χ0) is 19.2. The molecule has 1 aliphatic carbocycles. The molecule has 5 aromatic heterocycles. The highest BCUT2D eigenvalue weighted by molar-refractivity contribution is 5.94. The van der Waals surface area contributed by atoms with Crippen molar-refractivity contribution in [3.63, 3.8) is 0 Å². The van der Waals surface area contributed by atoms with E-state index in [2.05, 4.69) is 46.5 Å². The molecule has 0 saturated heterocycles. The fourth-order valence-corrected chi connectivity index (χ4v) is 3.47. The van der Waals surface area contributed by atoms with Crippen molar-refractivity contribution in [1.82, 2.24) is 35.1 Å². The summed E-state index contributed by atoms with van der Waals surface area (Å²) in [6.07, 6.45) is 9.87. The first-order valence-electron chi connectivity index (χ1n) is 9.68. The second-order valence-corrected chi connectivity index (χ2v) is 7.43. The Hall–Kier alpha value is -3.81. The first-order valence-corrected chi connectivity index (χ1v) is 9.68. The van der Waals surface area contributed by atoms with E-state index in [1.165, 1.54) is 12.8 Å². The standard InChI is InChI=1S/C21H18N8/c1-2-16-20(23-5-1)27-21(26-16)19-15-7-17(25-11-18(15)28-29-19)13-6-14(10-22-9-13)24-8-12-3-4-12/h1-2,5-7,9-12,24H,3-4,8H2,(H,28,29)(H,23,26,27). The van der Waals surface area contributed by atoms with Crippen LogP contribution in [0, 0.1) is 5.92 Å². The average Bonchev–Trinajstić information content (AvgIpc) is 3.34. The maximum atomic E-state index is 4.63.